The van der Waals surface area contributed by atoms with E-state index in [9.17, 15) is 9.59 Å². The van der Waals surface area contributed by atoms with E-state index in [4.69, 9.17) is 18.9 Å². The van der Waals surface area contributed by atoms with Gasteiger partial charge in [-0.15, -0.1) is 0 Å². The van der Waals surface area contributed by atoms with Gasteiger partial charge in [-0.25, -0.2) is 9.59 Å². The van der Waals surface area contributed by atoms with Crippen molar-refractivity contribution in [2.24, 2.45) is 0 Å². The highest BCUT2D eigenvalue weighted by atomic mass is 16.6. The second-order valence-corrected chi connectivity index (χ2v) is 5.59. The molecule has 0 aliphatic carbocycles. The molecule has 0 radical (unpaired) electrons. The average Bonchev–Trinajstić information content (AvgIpc) is 2.68. The standard InChI is InChI=1S/C20H23NO6/c1-4-5-12-26-19(22)14-6-8-15(9-7-14)27-20(23)21-17-13-16(24-2)10-11-18(17)25-3/h6-11,13H,4-5,12H2,1-3H3,(H,21,23). The van der Waals surface area contributed by atoms with Crippen LogP contribution in [0.2, 0.25) is 0 Å². The molecule has 144 valence electrons. The predicted molar refractivity (Wildman–Crippen MR) is 101 cm³/mol. The molecule has 0 atom stereocenters. The number of carbonyl (C=O) groups excluding carboxylic acids is 2. The summed E-state index contributed by atoms with van der Waals surface area (Å²) >= 11 is 0. The highest BCUT2D eigenvalue weighted by molar-refractivity contribution is 5.90. The molecule has 0 saturated heterocycles. The Morgan fingerprint density at radius 1 is 0.963 bits per heavy atom. The maximum Gasteiger partial charge on any atom is 0.417 e. The molecule has 1 N–H and O–H groups in total. The first-order valence-corrected chi connectivity index (χ1v) is 8.55. The van der Waals surface area contributed by atoms with Crippen LogP contribution in [-0.2, 0) is 4.74 Å². The maximum absolute atomic E-state index is 12.1. The summed E-state index contributed by atoms with van der Waals surface area (Å²) in [4.78, 5) is 24.0. The first-order chi connectivity index (χ1) is 13.1. The van der Waals surface area contributed by atoms with Gasteiger partial charge in [0.25, 0.3) is 0 Å². The number of ether oxygens (including phenoxy) is 4. The quantitative estimate of drug-likeness (QED) is 0.549. The lowest BCUT2D eigenvalue weighted by Crippen LogP contribution is -2.17. The Bertz CT molecular complexity index is 773. The SMILES string of the molecule is CCCCOC(=O)c1ccc(OC(=O)Nc2cc(OC)ccc2OC)cc1. The number of unbranched alkanes of at least 4 members (excludes halogenated alkanes) is 1. The molecule has 0 heterocycles. The summed E-state index contributed by atoms with van der Waals surface area (Å²) in [6.45, 7) is 2.41. The van der Waals surface area contributed by atoms with E-state index in [2.05, 4.69) is 5.32 Å². The van der Waals surface area contributed by atoms with Crippen LogP contribution in [0.1, 0.15) is 30.1 Å². The van der Waals surface area contributed by atoms with E-state index in [-0.39, 0.29) is 0 Å². The van der Waals surface area contributed by atoms with Gasteiger partial charge in [0.05, 0.1) is 32.1 Å². The molecule has 0 spiro atoms. The predicted octanol–water partition coefficient (Wildman–Crippen LogP) is 4.27. The number of methoxy groups -OCH3 is 2. The zero-order valence-corrected chi connectivity index (χ0v) is 15.6. The molecule has 7 nitrogen and oxygen atoms in total. The highest BCUT2D eigenvalue weighted by Gasteiger charge is 2.12. The van der Waals surface area contributed by atoms with Crippen LogP contribution in [0.4, 0.5) is 10.5 Å². The molecular formula is C20H23NO6. The van der Waals surface area contributed by atoms with Crippen molar-refractivity contribution in [2.75, 3.05) is 26.1 Å². The fourth-order valence-corrected chi connectivity index (χ4v) is 2.21. The van der Waals surface area contributed by atoms with Crippen molar-refractivity contribution < 1.29 is 28.5 Å². The van der Waals surface area contributed by atoms with Crippen molar-refractivity contribution >= 4 is 17.7 Å². The van der Waals surface area contributed by atoms with Crippen molar-refractivity contribution in [2.45, 2.75) is 19.8 Å². The lowest BCUT2D eigenvalue weighted by molar-refractivity contribution is 0.0499. The zero-order valence-electron chi connectivity index (χ0n) is 15.6. The number of esters is 1. The Hall–Kier alpha value is -3.22. The van der Waals surface area contributed by atoms with Gasteiger partial charge in [-0.1, -0.05) is 13.3 Å². The van der Waals surface area contributed by atoms with E-state index in [1.165, 1.54) is 26.4 Å². The molecule has 0 fully saturated rings. The third-order valence-electron chi connectivity index (χ3n) is 3.67. The van der Waals surface area contributed by atoms with Gasteiger partial charge in [-0.3, -0.25) is 5.32 Å². The van der Waals surface area contributed by atoms with Crippen LogP contribution in [0.25, 0.3) is 0 Å². The van der Waals surface area contributed by atoms with Gasteiger partial charge in [0, 0.05) is 6.07 Å². The summed E-state index contributed by atoms with van der Waals surface area (Å²) < 4.78 is 20.7. The Morgan fingerprint density at radius 2 is 1.67 bits per heavy atom. The molecule has 0 aliphatic rings. The van der Waals surface area contributed by atoms with Crippen molar-refractivity contribution in [3.63, 3.8) is 0 Å². The lowest BCUT2D eigenvalue weighted by Gasteiger charge is -2.12. The Kier molecular flexibility index (Phi) is 7.49. The zero-order chi connectivity index (χ0) is 19.6. The minimum absolute atomic E-state index is 0.291. The van der Waals surface area contributed by atoms with Crippen LogP contribution < -0.4 is 19.5 Å². The summed E-state index contributed by atoms with van der Waals surface area (Å²) in [7, 11) is 3.02. The molecule has 0 saturated carbocycles. The van der Waals surface area contributed by atoms with Crippen molar-refractivity contribution in [3.05, 3.63) is 48.0 Å². The van der Waals surface area contributed by atoms with Crippen LogP contribution in [-0.4, -0.2) is 32.9 Å². The van der Waals surface area contributed by atoms with Gasteiger partial charge in [-0.2, -0.15) is 0 Å². The van der Waals surface area contributed by atoms with E-state index in [0.29, 0.717) is 35.1 Å². The monoisotopic (exact) mass is 373 g/mol. The molecule has 2 rings (SSSR count). The Labute approximate surface area is 158 Å². The van der Waals surface area contributed by atoms with E-state index in [1.807, 2.05) is 6.92 Å². The molecule has 2 aromatic carbocycles. The van der Waals surface area contributed by atoms with Gasteiger partial charge in [-0.05, 0) is 42.8 Å². The van der Waals surface area contributed by atoms with Crippen LogP contribution in [0.15, 0.2) is 42.5 Å². The Morgan fingerprint density at radius 3 is 2.30 bits per heavy atom. The average molecular weight is 373 g/mol. The summed E-state index contributed by atoms with van der Waals surface area (Å²) in [5, 5.41) is 2.60. The van der Waals surface area contributed by atoms with Crippen LogP contribution in [0.3, 0.4) is 0 Å². The summed E-state index contributed by atoms with van der Waals surface area (Å²) in [5.41, 5.74) is 0.811. The summed E-state index contributed by atoms with van der Waals surface area (Å²) in [5.74, 6) is 0.926. The van der Waals surface area contributed by atoms with Gasteiger partial charge in [0.2, 0.25) is 0 Å². The normalized spacial score (nSPS) is 10.0. The Balaban J connectivity index is 1.97. The van der Waals surface area contributed by atoms with E-state index >= 15 is 0 Å². The number of anilines is 1. The minimum Gasteiger partial charge on any atom is -0.497 e. The van der Waals surface area contributed by atoms with Gasteiger partial charge >= 0.3 is 12.1 Å². The number of amides is 1. The van der Waals surface area contributed by atoms with E-state index < -0.39 is 12.1 Å². The molecule has 0 aromatic heterocycles. The number of nitrogens with one attached hydrogen (secondary N) is 1. The molecule has 1 amide bonds. The van der Waals surface area contributed by atoms with E-state index in [1.54, 1.807) is 30.3 Å². The number of hydrogen-bond donors (Lipinski definition) is 1. The summed E-state index contributed by atoms with van der Waals surface area (Å²) in [6.07, 6.45) is 1.08. The number of benzene rings is 2. The third kappa shape index (κ3) is 5.91. The smallest absolute Gasteiger partial charge is 0.417 e. The second kappa shape index (κ2) is 10.1. The van der Waals surface area contributed by atoms with Crippen molar-refractivity contribution in [1.82, 2.24) is 0 Å². The molecule has 27 heavy (non-hydrogen) atoms. The molecule has 0 bridgehead atoms. The van der Waals surface area contributed by atoms with Gasteiger partial charge in [0.15, 0.2) is 0 Å². The van der Waals surface area contributed by atoms with Crippen LogP contribution in [0, 0.1) is 0 Å². The van der Waals surface area contributed by atoms with Crippen molar-refractivity contribution in [1.29, 1.82) is 0 Å². The van der Waals surface area contributed by atoms with Crippen molar-refractivity contribution in [3.8, 4) is 17.2 Å². The van der Waals surface area contributed by atoms with Gasteiger partial charge in [0.1, 0.15) is 17.2 Å². The molecule has 0 aliphatic heterocycles. The molecule has 2 aromatic rings. The minimum atomic E-state index is -0.695. The topological polar surface area (TPSA) is 83.1 Å². The molecule has 0 unspecified atom stereocenters. The maximum atomic E-state index is 12.1. The second-order valence-electron chi connectivity index (χ2n) is 5.59. The largest absolute Gasteiger partial charge is 0.497 e. The lowest BCUT2D eigenvalue weighted by atomic mass is 10.2. The van der Waals surface area contributed by atoms with E-state index in [0.717, 1.165) is 12.8 Å². The van der Waals surface area contributed by atoms with Crippen LogP contribution >= 0.6 is 0 Å². The fourth-order valence-electron chi connectivity index (χ4n) is 2.21. The number of carbonyl (C=O) groups is 2. The number of rotatable bonds is 8. The number of hydrogen-bond acceptors (Lipinski definition) is 6. The fraction of sp³-hybridized carbons (Fsp3) is 0.300. The first-order valence-electron chi connectivity index (χ1n) is 8.55. The van der Waals surface area contributed by atoms with Gasteiger partial charge < -0.3 is 18.9 Å². The summed E-state index contributed by atoms with van der Waals surface area (Å²) in [6, 6.07) is 11.2. The molecular weight excluding hydrogens is 350 g/mol. The third-order valence-corrected chi connectivity index (χ3v) is 3.67. The van der Waals surface area contributed by atoms with Crippen LogP contribution in [0.5, 0.6) is 17.2 Å². The highest BCUT2D eigenvalue weighted by Crippen LogP contribution is 2.29. The molecule has 7 heteroatoms. The first kappa shape index (κ1) is 20.1.